The number of hydrogen-bond acceptors (Lipinski definition) is 2. The first kappa shape index (κ1) is 8.92. The first-order valence-corrected chi connectivity index (χ1v) is 4.23. The van der Waals surface area contributed by atoms with Gasteiger partial charge in [-0.05, 0) is 12.1 Å². The van der Waals surface area contributed by atoms with Crippen molar-refractivity contribution >= 4 is 22.5 Å². The topological polar surface area (TPSA) is 36.7 Å². The van der Waals surface area contributed by atoms with E-state index in [9.17, 15) is 4.39 Å². The Morgan fingerprint density at radius 3 is 2.86 bits per heavy atom. The molecule has 1 aromatic carbocycles. The Morgan fingerprint density at radius 2 is 2.14 bits per heavy atom. The summed E-state index contributed by atoms with van der Waals surface area (Å²) in [6.07, 6.45) is 1.42. The van der Waals surface area contributed by atoms with Crippen LogP contribution in [0.1, 0.15) is 5.56 Å². The van der Waals surface area contributed by atoms with Gasteiger partial charge in [-0.3, -0.25) is 4.98 Å². The molecule has 0 atom stereocenters. The predicted octanol–water partition coefficient (Wildman–Crippen LogP) is 2.90. The van der Waals surface area contributed by atoms with E-state index in [-0.39, 0.29) is 5.56 Å². The van der Waals surface area contributed by atoms with Gasteiger partial charge in [-0.2, -0.15) is 5.26 Å². The van der Waals surface area contributed by atoms with Gasteiger partial charge in [0, 0.05) is 17.6 Å². The number of aromatic nitrogens is 1. The molecule has 0 unspecified atom stereocenters. The highest BCUT2D eigenvalue weighted by Crippen LogP contribution is 2.21. The Labute approximate surface area is 84.6 Å². The van der Waals surface area contributed by atoms with E-state index in [0.29, 0.717) is 15.9 Å². The molecule has 0 saturated carbocycles. The Balaban J connectivity index is 2.90. The van der Waals surface area contributed by atoms with E-state index >= 15 is 0 Å². The first-order valence-electron chi connectivity index (χ1n) is 3.85. The maximum absolute atomic E-state index is 13.0. The lowest BCUT2D eigenvalue weighted by Crippen LogP contribution is -1.86. The summed E-state index contributed by atoms with van der Waals surface area (Å²) in [5.41, 5.74) is 0.681. The fourth-order valence-electron chi connectivity index (χ4n) is 1.26. The van der Waals surface area contributed by atoms with Gasteiger partial charge in [-0.15, -0.1) is 0 Å². The van der Waals surface area contributed by atoms with Crippen LogP contribution < -0.4 is 0 Å². The zero-order valence-corrected chi connectivity index (χ0v) is 7.72. The third-order valence-electron chi connectivity index (χ3n) is 1.85. The van der Waals surface area contributed by atoms with Crippen molar-refractivity contribution in [2.45, 2.75) is 0 Å². The Morgan fingerprint density at radius 1 is 1.36 bits per heavy atom. The highest BCUT2D eigenvalue weighted by Gasteiger charge is 2.05. The van der Waals surface area contributed by atoms with Crippen LogP contribution in [0.25, 0.3) is 10.9 Å². The number of halogens is 2. The molecule has 14 heavy (non-hydrogen) atoms. The molecule has 2 nitrogen and oxygen atoms in total. The van der Waals surface area contributed by atoms with Gasteiger partial charge in [0.1, 0.15) is 5.82 Å². The Bertz CT molecular complexity index is 546. The van der Waals surface area contributed by atoms with Gasteiger partial charge in [0.25, 0.3) is 0 Å². The smallest absolute Gasteiger partial charge is 0.126 e. The van der Waals surface area contributed by atoms with E-state index in [1.54, 1.807) is 6.07 Å². The van der Waals surface area contributed by atoms with Crippen LogP contribution in [-0.2, 0) is 0 Å². The van der Waals surface area contributed by atoms with Gasteiger partial charge >= 0.3 is 0 Å². The number of rotatable bonds is 0. The van der Waals surface area contributed by atoms with Crippen molar-refractivity contribution < 1.29 is 4.39 Å². The summed E-state index contributed by atoms with van der Waals surface area (Å²) in [5.74, 6) is -0.469. The summed E-state index contributed by atoms with van der Waals surface area (Å²) in [5, 5.41) is 9.77. The molecule has 1 heterocycles. The van der Waals surface area contributed by atoms with Crippen LogP contribution in [0, 0.1) is 17.1 Å². The molecule has 0 aliphatic heterocycles. The highest BCUT2D eigenvalue weighted by atomic mass is 35.5. The van der Waals surface area contributed by atoms with Gasteiger partial charge in [-0.25, -0.2) is 4.39 Å². The number of fused-ring (bicyclic) bond motifs is 1. The van der Waals surface area contributed by atoms with Gasteiger partial charge in [-0.1, -0.05) is 11.6 Å². The van der Waals surface area contributed by atoms with Crippen LogP contribution in [0.5, 0.6) is 0 Å². The third kappa shape index (κ3) is 1.40. The van der Waals surface area contributed by atoms with Gasteiger partial charge in [0.2, 0.25) is 0 Å². The standard InChI is InChI=1S/C10H4ClFN2/c11-7-2-9-6(4-13)1-8(12)3-10(9)14-5-7/h1-3,5H. The highest BCUT2D eigenvalue weighted by molar-refractivity contribution is 6.31. The Hall–Kier alpha value is -1.66. The lowest BCUT2D eigenvalue weighted by molar-refractivity contribution is 0.629. The van der Waals surface area contributed by atoms with Crippen LogP contribution in [-0.4, -0.2) is 4.98 Å². The minimum atomic E-state index is -0.469. The van der Waals surface area contributed by atoms with Crippen molar-refractivity contribution in [3.05, 3.63) is 40.8 Å². The van der Waals surface area contributed by atoms with E-state index in [2.05, 4.69) is 4.98 Å². The molecule has 0 radical (unpaired) electrons. The van der Waals surface area contributed by atoms with Crippen LogP contribution in [0.2, 0.25) is 5.02 Å². The average Bonchev–Trinajstić information content (AvgIpc) is 2.17. The van der Waals surface area contributed by atoms with Crippen LogP contribution >= 0.6 is 11.6 Å². The minimum Gasteiger partial charge on any atom is -0.255 e. The van der Waals surface area contributed by atoms with E-state index in [1.165, 1.54) is 18.3 Å². The van der Waals surface area contributed by atoms with E-state index < -0.39 is 5.82 Å². The quantitative estimate of drug-likeness (QED) is 0.665. The largest absolute Gasteiger partial charge is 0.255 e. The van der Waals surface area contributed by atoms with Crippen molar-refractivity contribution in [2.75, 3.05) is 0 Å². The molecule has 0 bridgehead atoms. The average molecular weight is 207 g/mol. The van der Waals surface area contributed by atoms with Gasteiger partial charge < -0.3 is 0 Å². The van der Waals surface area contributed by atoms with E-state index in [0.717, 1.165) is 0 Å². The summed E-state index contributed by atoms with van der Waals surface area (Å²) >= 11 is 5.72. The summed E-state index contributed by atoms with van der Waals surface area (Å²) < 4.78 is 13.0. The zero-order chi connectivity index (χ0) is 10.1. The second-order valence-electron chi connectivity index (χ2n) is 2.79. The second kappa shape index (κ2) is 3.24. The predicted molar refractivity (Wildman–Crippen MR) is 51.4 cm³/mol. The van der Waals surface area contributed by atoms with E-state index in [4.69, 9.17) is 16.9 Å². The number of pyridine rings is 1. The fraction of sp³-hybridized carbons (Fsp3) is 0. The fourth-order valence-corrected chi connectivity index (χ4v) is 1.42. The van der Waals surface area contributed by atoms with Gasteiger partial charge in [0.15, 0.2) is 0 Å². The summed E-state index contributed by atoms with van der Waals surface area (Å²) in [7, 11) is 0. The van der Waals surface area contributed by atoms with Crippen molar-refractivity contribution in [3.8, 4) is 6.07 Å². The summed E-state index contributed by atoms with van der Waals surface area (Å²) in [6.45, 7) is 0. The van der Waals surface area contributed by atoms with Crippen LogP contribution in [0.4, 0.5) is 4.39 Å². The molecule has 0 N–H and O–H groups in total. The summed E-state index contributed by atoms with van der Waals surface area (Å²) in [6, 6.07) is 5.94. The maximum Gasteiger partial charge on any atom is 0.126 e. The molecule has 68 valence electrons. The molecule has 0 saturated heterocycles. The molecule has 4 heteroatoms. The zero-order valence-electron chi connectivity index (χ0n) is 6.96. The number of benzene rings is 1. The number of nitrogens with zero attached hydrogens (tertiary/aromatic N) is 2. The van der Waals surface area contributed by atoms with Crippen LogP contribution in [0.3, 0.4) is 0 Å². The molecular formula is C10H4ClFN2. The molecule has 1 aromatic heterocycles. The third-order valence-corrected chi connectivity index (χ3v) is 2.06. The molecule has 0 aliphatic rings. The SMILES string of the molecule is N#Cc1cc(F)cc2ncc(Cl)cc12. The first-order chi connectivity index (χ1) is 6.70. The molecule has 2 aromatic rings. The number of nitriles is 1. The maximum atomic E-state index is 13.0. The molecule has 0 fully saturated rings. The van der Waals surface area contributed by atoms with Crippen molar-refractivity contribution in [2.24, 2.45) is 0 Å². The molecular weight excluding hydrogens is 203 g/mol. The normalized spacial score (nSPS) is 10.1. The van der Waals surface area contributed by atoms with Crippen molar-refractivity contribution in [3.63, 3.8) is 0 Å². The summed E-state index contributed by atoms with van der Waals surface area (Å²) in [4.78, 5) is 3.93. The lowest BCUT2D eigenvalue weighted by Gasteiger charge is -1.99. The second-order valence-corrected chi connectivity index (χ2v) is 3.22. The monoisotopic (exact) mass is 206 g/mol. The van der Waals surface area contributed by atoms with Crippen molar-refractivity contribution in [1.29, 1.82) is 5.26 Å². The number of hydrogen-bond donors (Lipinski definition) is 0. The van der Waals surface area contributed by atoms with Crippen LogP contribution in [0.15, 0.2) is 24.4 Å². The van der Waals surface area contributed by atoms with Gasteiger partial charge in [0.05, 0.1) is 22.2 Å². The Kier molecular flexibility index (Phi) is 2.06. The van der Waals surface area contributed by atoms with E-state index in [1.807, 2.05) is 6.07 Å². The molecule has 0 amide bonds. The lowest BCUT2D eigenvalue weighted by atomic mass is 10.1. The van der Waals surface area contributed by atoms with Crippen molar-refractivity contribution in [1.82, 2.24) is 4.98 Å². The minimum absolute atomic E-state index is 0.245. The molecule has 0 aliphatic carbocycles. The molecule has 2 rings (SSSR count). The molecule has 0 spiro atoms.